The number of thiocyanates is 2. The van der Waals surface area contributed by atoms with Crippen LogP contribution in [0.5, 0.6) is 11.5 Å². The molecule has 0 aliphatic heterocycles. The third-order valence-electron chi connectivity index (χ3n) is 9.18. The minimum absolute atomic E-state index is 0.0830. The van der Waals surface area contributed by atoms with Gasteiger partial charge in [0.1, 0.15) is 48.7 Å². The first-order valence-corrected chi connectivity index (χ1v) is 25.7. The lowest BCUT2D eigenvalue weighted by atomic mass is 10.1. The molecule has 0 saturated heterocycles. The highest BCUT2D eigenvalue weighted by Crippen LogP contribution is 2.27. The van der Waals surface area contributed by atoms with Crippen LogP contribution in [0.4, 0.5) is 0 Å². The first kappa shape index (κ1) is 63.6. The highest BCUT2D eigenvalue weighted by atomic mass is 32.2. The number of nitriles is 2. The lowest BCUT2D eigenvalue weighted by Gasteiger charge is -2.26. The van der Waals surface area contributed by atoms with Gasteiger partial charge < -0.3 is 49.7 Å². The summed E-state index contributed by atoms with van der Waals surface area (Å²) >= 11 is 1.86. The Labute approximate surface area is 431 Å². The van der Waals surface area contributed by atoms with E-state index in [2.05, 4.69) is 72.6 Å². The van der Waals surface area contributed by atoms with Crippen molar-refractivity contribution in [2.75, 3.05) is 79.0 Å². The Kier molecular flexibility index (Phi) is 35.1. The summed E-state index contributed by atoms with van der Waals surface area (Å²) in [6, 6.07) is 13.8. The number of hydrogen-bond acceptors (Lipinski definition) is 14. The summed E-state index contributed by atoms with van der Waals surface area (Å²) in [7, 11) is 0. The smallest absolute Gasteiger partial charge is 0.251 e. The lowest BCUT2D eigenvalue weighted by molar-refractivity contribution is -0.127. The number of rotatable bonds is 32. The molecule has 4 N–H and O–H groups in total. The Morgan fingerprint density at radius 2 is 1.14 bits per heavy atom. The lowest BCUT2D eigenvalue weighted by Crippen LogP contribution is -2.34. The van der Waals surface area contributed by atoms with Gasteiger partial charge in [-0.25, -0.2) is 0 Å². The molecule has 2 aromatic carbocycles. The Morgan fingerprint density at radius 3 is 1.61 bits per heavy atom. The van der Waals surface area contributed by atoms with Gasteiger partial charge in [0, 0.05) is 36.1 Å². The van der Waals surface area contributed by atoms with Crippen LogP contribution in [0.3, 0.4) is 0 Å². The van der Waals surface area contributed by atoms with E-state index in [0.717, 1.165) is 49.2 Å². The van der Waals surface area contributed by atoms with Crippen LogP contribution in [-0.4, -0.2) is 113 Å². The van der Waals surface area contributed by atoms with E-state index < -0.39 is 10.4 Å². The van der Waals surface area contributed by atoms with Crippen molar-refractivity contribution in [3.63, 3.8) is 0 Å². The summed E-state index contributed by atoms with van der Waals surface area (Å²) in [5, 5.41) is 33.4. The molecular formula is C53H76N6O10S2. The van der Waals surface area contributed by atoms with Gasteiger partial charge in [0.25, 0.3) is 11.8 Å². The molecular weight excluding hydrogens is 945 g/mol. The Bertz CT molecular complexity index is 2090. The predicted molar refractivity (Wildman–Crippen MR) is 280 cm³/mol. The molecule has 2 unspecified atom stereocenters. The van der Waals surface area contributed by atoms with Crippen molar-refractivity contribution >= 4 is 47.2 Å². The number of thioether (sulfide) groups is 2. The second-order valence-corrected chi connectivity index (χ2v) is 19.7. The number of benzene rings is 2. The summed E-state index contributed by atoms with van der Waals surface area (Å²) in [6.07, 6.45) is 3.99. The number of carbonyl (C=O) groups is 4. The quantitative estimate of drug-likeness (QED) is 0.0241. The molecule has 0 radical (unpaired) electrons. The zero-order valence-electron chi connectivity index (χ0n) is 43.1. The summed E-state index contributed by atoms with van der Waals surface area (Å²) < 4.78 is 33.7. The molecule has 2 rings (SSSR count). The molecule has 0 aliphatic rings. The van der Waals surface area contributed by atoms with Gasteiger partial charge in [-0.15, -0.1) is 0 Å². The number of hydrogen-bond donors (Lipinski definition) is 4. The van der Waals surface area contributed by atoms with Crippen molar-refractivity contribution in [1.82, 2.24) is 21.3 Å². The van der Waals surface area contributed by atoms with Gasteiger partial charge in [0.15, 0.2) is 10.4 Å². The van der Waals surface area contributed by atoms with Gasteiger partial charge in [-0.05, 0) is 104 Å². The molecule has 0 bridgehead atoms. The largest absolute Gasteiger partial charge is 0.490 e. The Morgan fingerprint density at radius 1 is 0.648 bits per heavy atom. The monoisotopic (exact) mass is 1020 g/mol. The van der Waals surface area contributed by atoms with Gasteiger partial charge in [0.2, 0.25) is 11.8 Å². The fourth-order valence-corrected chi connectivity index (χ4v) is 6.49. The highest BCUT2D eigenvalue weighted by molar-refractivity contribution is 8.04. The minimum Gasteiger partial charge on any atom is -0.490 e. The average Bonchev–Trinajstić information content (AvgIpc) is 3.33. The van der Waals surface area contributed by atoms with Gasteiger partial charge in [-0.3, -0.25) is 19.2 Å². The van der Waals surface area contributed by atoms with Crippen LogP contribution in [0.1, 0.15) is 109 Å². The van der Waals surface area contributed by atoms with Crippen LogP contribution < -0.4 is 30.7 Å². The third-order valence-corrected chi connectivity index (χ3v) is 10.6. The van der Waals surface area contributed by atoms with Gasteiger partial charge in [0.05, 0.1) is 39.5 Å². The first-order chi connectivity index (χ1) is 34.0. The Balaban J connectivity index is 0.000000710. The molecule has 71 heavy (non-hydrogen) atoms. The van der Waals surface area contributed by atoms with Crippen LogP contribution in [0.25, 0.3) is 0 Å². The summed E-state index contributed by atoms with van der Waals surface area (Å²) in [4.78, 5) is 47.2. The van der Waals surface area contributed by atoms with E-state index in [4.69, 9.17) is 33.7 Å². The minimum atomic E-state index is -0.956. The van der Waals surface area contributed by atoms with Crippen LogP contribution in [0.2, 0.25) is 0 Å². The number of ether oxygens (including phenoxy) is 6. The number of amides is 4. The fourth-order valence-electron chi connectivity index (χ4n) is 5.62. The normalized spacial score (nSPS) is 11.8. The van der Waals surface area contributed by atoms with Crippen molar-refractivity contribution in [3.05, 3.63) is 59.7 Å². The highest BCUT2D eigenvalue weighted by Gasteiger charge is 2.28. The molecule has 0 aromatic heterocycles. The van der Waals surface area contributed by atoms with Crippen LogP contribution in [0, 0.1) is 68.7 Å². The molecule has 0 aliphatic carbocycles. The molecule has 4 amide bonds. The number of carbonyl (C=O) groups excluding carboxylic acids is 4. The molecule has 18 heteroatoms. The van der Waals surface area contributed by atoms with Crippen molar-refractivity contribution in [3.8, 4) is 46.0 Å². The van der Waals surface area contributed by atoms with Crippen LogP contribution >= 0.6 is 23.5 Å². The number of nitrogens with zero attached hydrogens (tertiary/aromatic N) is 2. The first-order valence-electron chi connectivity index (χ1n) is 24.0. The van der Waals surface area contributed by atoms with E-state index in [0.29, 0.717) is 47.6 Å². The predicted octanol–water partition coefficient (Wildman–Crippen LogP) is 7.55. The summed E-state index contributed by atoms with van der Waals surface area (Å²) in [5.41, 5.74) is 0.478. The maximum atomic E-state index is 12.4. The van der Waals surface area contributed by atoms with Gasteiger partial charge >= 0.3 is 0 Å². The van der Waals surface area contributed by atoms with Crippen LogP contribution in [0.15, 0.2) is 48.5 Å². The standard InChI is InChI=1S/C27H39N3O5S.C26H37N3O5S/c1-21(2)9-7-13-29-25(31)18-33-15-16-35-27(5,36-20-28)19-34-24-12-6-11-23(17-24)26(32)30-14-8-10-22(3)4;1-20(2)8-6-12-28-24(30)17-32-14-15-33-25(35-19-27)18-34-23-11-5-10-22(16-23)26(31)29-13-7-9-21(3)4/h6,11-12,17,21-22H,8,10,13-16,18-19H2,1-5H3,(H,29,31)(H,30,32);5,10-11,16,20-21,25H,7,9,12-15,17-18H2,1-4H3,(H,28,30)(H,29,31). The fraction of sp³-hybridized carbons (Fsp3) is 0.585. The van der Waals surface area contributed by atoms with E-state index >= 15 is 0 Å². The van der Waals surface area contributed by atoms with Crippen LogP contribution in [-0.2, 0) is 28.5 Å². The SMILES string of the molecule is CC(C)C#CCNC(=O)COCCOC(C)(COc1cccc(C(=O)NCCCC(C)C)c1)SC#N.CC(C)C#CCNC(=O)COCCOC(COc1cccc(C(=O)NCCCC(C)C)c1)SC#N. The second-order valence-electron chi connectivity index (χ2n) is 17.5. The molecule has 390 valence electrons. The zero-order valence-corrected chi connectivity index (χ0v) is 44.7. The van der Waals surface area contributed by atoms with Gasteiger partial charge in [-0.2, -0.15) is 10.5 Å². The van der Waals surface area contributed by atoms with E-state index in [1.165, 1.54) is 0 Å². The van der Waals surface area contributed by atoms with Crippen molar-refractivity contribution in [2.45, 2.75) is 98.4 Å². The molecule has 0 heterocycles. The second kappa shape index (κ2) is 39.2. The molecule has 2 aromatic rings. The molecule has 2 atom stereocenters. The van der Waals surface area contributed by atoms with E-state index in [1.54, 1.807) is 55.5 Å². The average molecular weight is 1020 g/mol. The zero-order chi connectivity index (χ0) is 52.7. The van der Waals surface area contributed by atoms with Crippen molar-refractivity contribution in [2.24, 2.45) is 23.7 Å². The van der Waals surface area contributed by atoms with Gasteiger partial charge in [-0.1, -0.05) is 91.2 Å². The van der Waals surface area contributed by atoms with Crippen molar-refractivity contribution < 1.29 is 47.6 Å². The van der Waals surface area contributed by atoms with E-state index in [1.807, 2.05) is 38.5 Å². The maximum Gasteiger partial charge on any atom is 0.251 e. The topological polar surface area (TPSA) is 219 Å². The molecule has 0 saturated carbocycles. The third kappa shape index (κ3) is 34.5. The molecule has 0 spiro atoms. The van der Waals surface area contributed by atoms with Crippen molar-refractivity contribution in [1.29, 1.82) is 10.5 Å². The molecule has 0 fully saturated rings. The molecule has 16 nitrogen and oxygen atoms in total. The van der Waals surface area contributed by atoms with E-state index in [-0.39, 0.29) is 101 Å². The number of nitrogens with one attached hydrogen (secondary N) is 4. The summed E-state index contributed by atoms with van der Waals surface area (Å²) in [5.74, 6) is 13.6. The summed E-state index contributed by atoms with van der Waals surface area (Å²) in [6.45, 7) is 20.9. The maximum absolute atomic E-state index is 12.4. The van der Waals surface area contributed by atoms with E-state index in [9.17, 15) is 24.4 Å². The Hall–Kier alpha value is -5.44.